The zero-order valence-electron chi connectivity index (χ0n) is 16.8. The minimum Gasteiger partial charge on any atom is -0.360 e. The molecule has 1 saturated heterocycles. The van der Waals surface area contributed by atoms with E-state index in [0.29, 0.717) is 5.56 Å². The number of hydrogen-bond donors (Lipinski definition) is 3. The molecule has 2 aromatic rings. The van der Waals surface area contributed by atoms with Crippen LogP contribution in [0.1, 0.15) is 28.9 Å². The normalized spacial score (nSPS) is 15.4. The van der Waals surface area contributed by atoms with Gasteiger partial charge >= 0.3 is 6.03 Å². The second kappa shape index (κ2) is 9.34. The Balaban J connectivity index is 1.71. The molecule has 0 aromatic heterocycles. The van der Waals surface area contributed by atoms with Gasteiger partial charge in [0.05, 0.1) is 26.2 Å². The topological polar surface area (TPSA) is 82.9 Å². The molecule has 1 fully saturated rings. The highest BCUT2D eigenvalue weighted by Crippen LogP contribution is 2.17. The number of nitrogens with zero attached hydrogens (tertiary/aromatic N) is 1. The van der Waals surface area contributed by atoms with Crippen molar-refractivity contribution < 1.29 is 19.3 Å². The van der Waals surface area contributed by atoms with Crippen LogP contribution >= 0.6 is 0 Å². The van der Waals surface area contributed by atoms with Gasteiger partial charge in [-0.1, -0.05) is 30.3 Å². The summed E-state index contributed by atoms with van der Waals surface area (Å²) in [5.41, 5.74) is 2.66. The maximum Gasteiger partial charge on any atom is 0.321 e. The van der Waals surface area contributed by atoms with E-state index in [9.17, 15) is 14.4 Å². The highest BCUT2D eigenvalue weighted by atomic mass is 16.2. The fourth-order valence-electron chi connectivity index (χ4n) is 3.71. The van der Waals surface area contributed by atoms with Gasteiger partial charge in [-0.3, -0.25) is 14.9 Å². The first kappa shape index (κ1) is 20.5. The van der Waals surface area contributed by atoms with Gasteiger partial charge in [-0.2, -0.15) is 0 Å². The predicted molar refractivity (Wildman–Crippen MR) is 111 cm³/mol. The summed E-state index contributed by atoms with van der Waals surface area (Å²) in [6, 6.07) is 16.3. The number of ketones is 1. The Hall–Kier alpha value is -3.19. The summed E-state index contributed by atoms with van der Waals surface area (Å²) in [5, 5.41) is 4.86. The van der Waals surface area contributed by atoms with E-state index in [1.807, 2.05) is 54.6 Å². The summed E-state index contributed by atoms with van der Waals surface area (Å²) in [5.74, 6) is -0.247. The van der Waals surface area contributed by atoms with Crippen molar-refractivity contribution in [2.75, 3.05) is 38.1 Å². The molecule has 3 N–H and O–H groups in total. The van der Waals surface area contributed by atoms with Crippen LogP contribution in [0, 0.1) is 0 Å². The molecule has 3 rings (SSSR count). The van der Waals surface area contributed by atoms with Crippen molar-refractivity contribution in [3.05, 3.63) is 65.7 Å². The number of carbonyl (C=O) groups excluding carboxylic acids is 3. The van der Waals surface area contributed by atoms with Crippen molar-refractivity contribution in [1.82, 2.24) is 10.6 Å². The van der Waals surface area contributed by atoms with Gasteiger partial charge in [-0.25, -0.2) is 4.79 Å². The van der Waals surface area contributed by atoms with E-state index in [2.05, 4.69) is 15.5 Å². The Morgan fingerprint density at radius 3 is 2.14 bits per heavy atom. The second-order valence-electron chi connectivity index (χ2n) is 7.16. The van der Waals surface area contributed by atoms with Crippen LogP contribution in [-0.2, 0) is 4.79 Å². The minimum absolute atomic E-state index is 0.0543. The number of quaternary nitrogens is 1. The average Bonchev–Trinajstić information content (AvgIpc) is 2.75. The maximum absolute atomic E-state index is 12.8. The third-order valence-corrected chi connectivity index (χ3v) is 5.31. The number of benzene rings is 2. The van der Waals surface area contributed by atoms with Crippen molar-refractivity contribution in [3.8, 4) is 0 Å². The van der Waals surface area contributed by atoms with E-state index >= 15 is 0 Å². The zero-order chi connectivity index (χ0) is 20.8. The van der Waals surface area contributed by atoms with Gasteiger partial charge in [-0.05, 0) is 31.2 Å². The summed E-state index contributed by atoms with van der Waals surface area (Å²) in [7, 11) is 1.49. The molecule has 1 aliphatic rings. The average molecular weight is 395 g/mol. The van der Waals surface area contributed by atoms with E-state index in [1.54, 1.807) is 6.92 Å². The van der Waals surface area contributed by atoms with Gasteiger partial charge in [0.2, 0.25) is 0 Å². The van der Waals surface area contributed by atoms with E-state index in [-0.39, 0.29) is 11.7 Å². The molecule has 0 saturated carbocycles. The molecule has 0 aliphatic carbocycles. The van der Waals surface area contributed by atoms with Crippen LogP contribution in [0.3, 0.4) is 0 Å². The molecule has 0 unspecified atom stereocenters. The van der Waals surface area contributed by atoms with Crippen LogP contribution in [-0.4, -0.2) is 50.9 Å². The Morgan fingerprint density at radius 1 is 0.966 bits per heavy atom. The van der Waals surface area contributed by atoms with E-state index in [4.69, 9.17) is 0 Å². The van der Waals surface area contributed by atoms with Crippen molar-refractivity contribution in [2.24, 2.45) is 0 Å². The molecule has 0 radical (unpaired) electrons. The molecule has 152 valence electrons. The Bertz CT molecular complexity index is 859. The van der Waals surface area contributed by atoms with Crippen molar-refractivity contribution >= 4 is 23.4 Å². The third kappa shape index (κ3) is 5.00. The first-order valence-electron chi connectivity index (χ1n) is 9.77. The number of carbonyl (C=O) groups is 3. The van der Waals surface area contributed by atoms with E-state index in [0.717, 1.165) is 42.3 Å². The number of piperazine rings is 1. The molecule has 1 aliphatic heterocycles. The summed E-state index contributed by atoms with van der Waals surface area (Å²) >= 11 is 0. The molecule has 7 heteroatoms. The van der Waals surface area contributed by atoms with Gasteiger partial charge in [0, 0.05) is 23.9 Å². The van der Waals surface area contributed by atoms with Gasteiger partial charge in [-0.15, -0.1) is 0 Å². The van der Waals surface area contributed by atoms with Crippen LogP contribution < -0.4 is 20.4 Å². The molecule has 0 spiro atoms. The highest BCUT2D eigenvalue weighted by Gasteiger charge is 2.35. The van der Waals surface area contributed by atoms with Crippen molar-refractivity contribution in [3.63, 3.8) is 0 Å². The van der Waals surface area contributed by atoms with Crippen LogP contribution in [0.2, 0.25) is 0 Å². The highest BCUT2D eigenvalue weighted by molar-refractivity contribution is 5.96. The number of amides is 3. The fourth-order valence-corrected chi connectivity index (χ4v) is 3.71. The minimum atomic E-state index is -0.500. The van der Waals surface area contributed by atoms with Crippen LogP contribution in [0.4, 0.5) is 10.5 Å². The Labute approximate surface area is 170 Å². The largest absolute Gasteiger partial charge is 0.360 e. The predicted octanol–water partition coefficient (Wildman–Crippen LogP) is 0.791. The third-order valence-electron chi connectivity index (χ3n) is 5.31. The number of urea groups is 1. The lowest BCUT2D eigenvalue weighted by molar-refractivity contribution is -0.922. The summed E-state index contributed by atoms with van der Waals surface area (Å²) in [4.78, 5) is 39.3. The molecular formula is C22H27N4O3+. The van der Waals surface area contributed by atoms with Gasteiger partial charge < -0.3 is 15.1 Å². The fraction of sp³-hybridized carbons (Fsp3) is 0.318. The molecular weight excluding hydrogens is 368 g/mol. The van der Waals surface area contributed by atoms with Gasteiger partial charge in [0.25, 0.3) is 5.91 Å². The number of anilines is 1. The van der Waals surface area contributed by atoms with Crippen LogP contribution in [0.5, 0.6) is 0 Å². The number of imide groups is 1. The molecule has 3 amide bonds. The lowest BCUT2D eigenvalue weighted by Gasteiger charge is -2.37. The first-order chi connectivity index (χ1) is 14.0. The Kier molecular flexibility index (Phi) is 6.61. The first-order valence-corrected chi connectivity index (χ1v) is 9.77. The maximum atomic E-state index is 12.8. The second-order valence-corrected chi connectivity index (χ2v) is 7.16. The van der Waals surface area contributed by atoms with E-state index < -0.39 is 12.1 Å². The monoisotopic (exact) mass is 395 g/mol. The zero-order valence-corrected chi connectivity index (χ0v) is 16.8. The molecule has 2 aromatic carbocycles. The lowest BCUT2D eigenvalue weighted by atomic mass is 10.0. The van der Waals surface area contributed by atoms with Crippen molar-refractivity contribution in [1.29, 1.82) is 0 Å². The number of rotatable bonds is 5. The smallest absolute Gasteiger partial charge is 0.321 e. The van der Waals surface area contributed by atoms with Crippen LogP contribution in [0.15, 0.2) is 54.6 Å². The summed E-state index contributed by atoms with van der Waals surface area (Å²) in [6.07, 6.45) is 0. The molecule has 7 nitrogen and oxygen atoms in total. The molecule has 1 atom stereocenters. The lowest BCUT2D eigenvalue weighted by Crippen LogP contribution is -3.16. The molecule has 1 heterocycles. The van der Waals surface area contributed by atoms with Crippen molar-refractivity contribution in [2.45, 2.75) is 13.0 Å². The molecule has 0 bridgehead atoms. The standard InChI is InChI=1S/C22H26N4O3/c1-16(27)17-8-10-19(11-9-17)25-12-14-26(15-13-25)20(18-6-4-3-5-7-18)21(28)24-22(29)23-2/h3-11,20H,12-15H2,1-2H3,(H2,23,24,28,29)/p+1/t20-/m0/s1. The summed E-state index contributed by atoms with van der Waals surface area (Å²) in [6.45, 7) is 4.64. The number of Topliss-reactive ketones (excluding diaryl/α,β-unsaturated/α-hetero) is 1. The van der Waals surface area contributed by atoms with Gasteiger partial charge in [0.15, 0.2) is 11.8 Å². The van der Waals surface area contributed by atoms with Gasteiger partial charge in [0.1, 0.15) is 0 Å². The number of nitrogens with one attached hydrogen (secondary N) is 3. The summed E-state index contributed by atoms with van der Waals surface area (Å²) < 4.78 is 0. The van der Waals surface area contributed by atoms with E-state index in [1.165, 1.54) is 7.05 Å². The van der Waals surface area contributed by atoms with Crippen LogP contribution in [0.25, 0.3) is 0 Å². The SMILES string of the molecule is CNC(=O)NC(=O)[C@H](c1ccccc1)[NH+]1CCN(c2ccc(C(C)=O)cc2)CC1. The Morgan fingerprint density at radius 2 is 1.59 bits per heavy atom. The molecule has 29 heavy (non-hydrogen) atoms. The quantitative estimate of drug-likeness (QED) is 0.654. The number of hydrogen-bond acceptors (Lipinski definition) is 4.